The van der Waals surface area contributed by atoms with Crippen molar-refractivity contribution in [3.05, 3.63) is 46.2 Å². The third-order valence-electron chi connectivity index (χ3n) is 4.26. The standard InChI is InChI=1S/C18H22N2O3S3/c1-13(2)14-3-5-15(6-4-14)19-18(21)17-16(7-10-25-17)26(22,23)20-8-11-24-12-9-20/h3-7,10,13H,8-9,11-12H2,1-2H3,(H,19,21). The summed E-state index contributed by atoms with van der Waals surface area (Å²) in [5, 5.41) is 4.47. The number of sulfonamides is 1. The van der Waals surface area contributed by atoms with Crippen molar-refractivity contribution in [2.75, 3.05) is 29.9 Å². The maximum atomic E-state index is 12.9. The molecule has 0 radical (unpaired) electrons. The maximum Gasteiger partial charge on any atom is 0.267 e. The predicted octanol–water partition coefficient (Wildman–Crippen LogP) is 3.86. The van der Waals surface area contributed by atoms with Crippen molar-refractivity contribution in [3.63, 3.8) is 0 Å². The highest BCUT2D eigenvalue weighted by molar-refractivity contribution is 7.99. The van der Waals surface area contributed by atoms with Gasteiger partial charge in [-0.15, -0.1) is 11.3 Å². The van der Waals surface area contributed by atoms with Crippen molar-refractivity contribution in [2.45, 2.75) is 24.7 Å². The Bertz CT molecular complexity index is 867. The fraction of sp³-hybridized carbons (Fsp3) is 0.389. The molecule has 0 unspecified atom stereocenters. The van der Waals surface area contributed by atoms with Crippen LogP contribution in [0.1, 0.15) is 35.0 Å². The molecule has 26 heavy (non-hydrogen) atoms. The van der Waals surface area contributed by atoms with E-state index in [9.17, 15) is 13.2 Å². The van der Waals surface area contributed by atoms with Crippen molar-refractivity contribution < 1.29 is 13.2 Å². The largest absolute Gasteiger partial charge is 0.321 e. The Balaban J connectivity index is 1.80. The van der Waals surface area contributed by atoms with E-state index in [1.54, 1.807) is 17.1 Å². The first-order chi connectivity index (χ1) is 12.4. The Morgan fingerprint density at radius 2 is 1.77 bits per heavy atom. The molecule has 1 aromatic heterocycles. The number of amides is 1. The summed E-state index contributed by atoms with van der Waals surface area (Å²) >= 11 is 2.90. The molecule has 1 saturated heterocycles. The van der Waals surface area contributed by atoms with E-state index in [4.69, 9.17) is 0 Å². The maximum absolute atomic E-state index is 12.9. The molecule has 2 aromatic rings. The third kappa shape index (κ3) is 4.14. The zero-order valence-electron chi connectivity index (χ0n) is 14.8. The number of anilines is 1. The molecule has 5 nitrogen and oxygen atoms in total. The number of benzene rings is 1. The summed E-state index contributed by atoms with van der Waals surface area (Å²) in [6, 6.07) is 9.15. The monoisotopic (exact) mass is 410 g/mol. The molecule has 1 amide bonds. The Labute approximate surface area is 162 Å². The lowest BCUT2D eigenvalue weighted by Gasteiger charge is -2.25. The van der Waals surface area contributed by atoms with Gasteiger partial charge in [-0.1, -0.05) is 26.0 Å². The molecule has 0 atom stereocenters. The number of nitrogens with one attached hydrogen (secondary N) is 1. The summed E-state index contributed by atoms with van der Waals surface area (Å²) in [6.45, 7) is 5.19. The molecule has 1 N–H and O–H groups in total. The van der Waals surface area contributed by atoms with E-state index in [1.165, 1.54) is 15.9 Å². The van der Waals surface area contributed by atoms with Gasteiger partial charge >= 0.3 is 0 Å². The highest BCUT2D eigenvalue weighted by atomic mass is 32.2. The van der Waals surface area contributed by atoms with Gasteiger partial charge in [-0.2, -0.15) is 16.1 Å². The molecule has 8 heteroatoms. The highest BCUT2D eigenvalue weighted by Gasteiger charge is 2.31. The third-order valence-corrected chi connectivity index (χ3v) is 8.18. The molecule has 1 aromatic carbocycles. The summed E-state index contributed by atoms with van der Waals surface area (Å²) < 4.78 is 27.2. The fourth-order valence-corrected chi connectivity index (χ4v) is 6.60. The predicted molar refractivity (Wildman–Crippen MR) is 109 cm³/mol. The lowest BCUT2D eigenvalue weighted by Crippen LogP contribution is -2.38. The van der Waals surface area contributed by atoms with E-state index in [1.807, 2.05) is 24.3 Å². The SMILES string of the molecule is CC(C)c1ccc(NC(=O)c2sccc2S(=O)(=O)N2CCSCC2)cc1. The Morgan fingerprint density at radius 3 is 2.38 bits per heavy atom. The quantitative estimate of drug-likeness (QED) is 0.813. The number of hydrogen-bond donors (Lipinski definition) is 1. The molecule has 3 rings (SSSR count). The molecule has 1 fully saturated rings. The van der Waals surface area contributed by atoms with E-state index < -0.39 is 10.0 Å². The lowest BCUT2D eigenvalue weighted by atomic mass is 10.0. The Morgan fingerprint density at radius 1 is 1.12 bits per heavy atom. The summed E-state index contributed by atoms with van der Waals surface area (Å²) in [6.07, 6.45) is 0. The number of hydrogen-bond acceptors (Lipinski definition) is 5. The lowest BCUT2D eigenvalue weighted by molar-refractivity contribution is 0.102. The van der Waals surface area contributed by atoms with Crippen molar-refractivity contribution in [1.29, 1.82) is 0 Å². The number of carbonyl (C=O) groups excluding carboxylic acids is 1. The molecule has 0 aliphatic carbocycles. The minimum absolute atomic E-state index is 0.103. The van der Waals surface area contributed by atoms with Crippen LogP contribution in [-0.4, -0.2) is 43.2 Å². The normalized spacial score (nSPS) is 16.0. The number of thioether (sulfide) groups is 1. The second kappa shape index (κ2) is 8.12. The van der Waals surface area contributed by atoms with Crippen LogP contribution in [0.2, 0.25) is 0 Å². The summed E-state index contributed by atoms with van der Waals surface area (Å²) in [5.41, 5.74) is 1.84. The van der Waals surface area contributed by atoms with Gasteiger partial charge in [-0.3, -0.25) is 4.79 Å². The molecule has 0 bridgehead atoms. The molecule has 0 saturated carbocycles. The van der Waals surface area contributed by atoms with Crippen LogP contribution in [-0.2, 0) is 10.0 Å². The average molecular weight is 411 g/mol. The topological polar surface area (TPSA) is 66.5 Å². The van der Waals surface area contributed by atoms with Crippen LogP contribution < -0.4 is 5.32 Å². The first-order valence-corrected chi connectivity index (χ1v) is 11.9. The minimum atomic E-state index is -3.64. The zero-order chi connectivity index (χ0) is 18.7. The van der Waals surface area contributed by atoms with Gasteiger partial charge in [0.2, 0.25) is 10.0 Å². The van der Waals surface area contributed by atoms with Crippen LogP contribution >= 0.6 is 23.1 Å². The van der Waals surface area contributed by atoms with Gasteiger partial charge in [0.05, 0.1) is 0 Å². The van der Waals surface area contributed by atoms with Gasteiger partial charge in [0, 0.05) is 30.3 Å². The van der Waals surface area contributed by atoms with Crippen molar-refractivity contribution in [2.24, 2.45) is 0 Å². The second-order valence-corrected chi connectivity index (χ2v) is 10.4. The van der Waals surface area contributed by atoms with Crippen molar-refractivity contribution in [3.8, 4) is 0 Å². The molecule has 2 heterocycles. The van der Waals surface area contributed by atoms with Crippen LogP contribution in [0.25, 0.3) is 0 Å². The summed E-state index contributed by atoms with van der Waals surface area (Å²) in [7, 11) is -3.64. The summed E-state index contributed by atoms with van der Waals surface area (Å²) in [5.74, 6) is 1.60. The first kappa shape index (κ1) is 19.4. The highest BCUT2D eigenvalue weighted by Crippen LogP contribution is 2.28. The molecule has 0 spiro atoms. The number of rotatable bonds is 5. The van der Waals surface area contributed by atoms with Gasteiger partial charge in [0.15, 0.2) is 0 Å². The van der Waals surface area contributed by atoms with E-state index in [2.05, 4.69) is 19.2 Å². The second-order valence-electron chi connectivity index (χ2n) is 6.36. The van der Waals surface area contributed by atoms with E-state index in [-0.39, 0.29) is 15.7 Å². The molecule has 140 valence electrons. The van der Waals surface area contributed by atoms with Crippen LogP contribution in [0.5, 0.6) is 0 Å². The van der Waals surface area contributed by atoms with Gasteiger partial charge in [0.25, 0.3) is 5.91 Å². The van der Waals surface area contributed by atoms with Crippen LogP contribution in [0.3, 0.4) is 0 Å². The minimum Gasteiger partial charge on any atom is -0.321 e. The number of nitrogens with zero attached hydrogens (tertiary/aromatic N) is 1. The van der Waals surface area contributed by atoms with Gasteiger partial charge in [-0.25, -0.2) is 8.42 Å². The van der Waals surface area contributed by atoms with Crippen molar-refractivity contribution in [1.82, 2.24) is 4.31 Å². The van der Waals surface area contributed by atoms with Gasteiger partial charge < -0.3 is 5.32 Å². The van der Waals surface area contributed by atoms with Gasteiger partial charge in [-0.05, 0) is 35.1 Å². The van der Waals surface area contributed by atoms with E-state index in [0.29, 0.717) is 24.7 Å². The van der Waals surface area contributed by atoms with Gasteiger partial charge in [0.1, 0.15) is 9.77 Å². The molecular formula is C18H22N2O3S3. The first-order valence-electron chi connectivity index (χ1n) is 8.46. The fourth-order valence-electron chi connectivity index (χ4n) is 2.73. The molecular weight excluding hydrogens is 388 g/mol. The Kier molecular flexibility index (Phi) is 6.06. The zero-order valence-corrected chi connectivity index (χ0v) is 17.2. The average Bonchev–Trinajstić information content (AvgIpc) is 3.14. The van der Waals surface area contributed by atoms with E-state index in [0.717, 1.165) is 22.8 Å². The van der Waals surface area contributed by atoms with Crippen LogP contribution in [0, 0.1) is 0 Å². The smallest absolute Gasteiger partial charge is 0.267 e. The van der Waals surface area contributed by atoms with E-state index >= 15 is 0 Å². The molecule has 1 aliphatic rings. The van der Waals surface area contributed by atoms with Crippen LogP contribution in [0.4, 0.5) is 5.69 Å². The van der Waals surface area contributed by atoms with Crippen LogP contribution in [0.15, 0.2) is 40.6 Å². The Hall–Kier alpha value is -1.35. The number of carbonyl (C=O) groups is 1. The van der Waals surface area contributed by atoms with Crippen molar-refractivity contribution >= 4 is 44.7 Å². The number of thiophene rings is 1. The summed E-state index contributed by atoms with van der Waals surface area (Å²) in [4.78, 5) is 13.0. The molecule has 1 aliphatic heterocycles.